The Kier molecular flexibility index (Phi) is 12.4. The summed E-state index contributed by atoms with van der Waals surface area (Å²) in [6.45, 7) is 6.40. The van der Waals surface area contributed by atoms with Crippen molar-refractivity contribution in [2.75, 3.05) is 11.5 Å². The number of hydrogen-bond acceptors (Lipinski definition) is 2. The Morgan fingerprint density at radius 2 is 1.00 bits per heavy atom. The van der Waals surface area contributed by atoms with E-state index in [0.29, 0.717) is 0 Å². The van der Waals surface area contributed by atoms with Crippen LogP contribution in [0.15, 0.2) is 49.1 Å². The summed E-state index contributed by atoms with van der Waals surface area (Å²) in [6.07, 6.45) is 8.62. The van der Waals surface area contributed by atoms with Gasteiger partial charge in [0.1, 0.15) is 0 Å². The smallest absolute Gasteiger partial charge is 0.169 e. The van der Waals surface area contributed by atoms with Crippen molar-refractivity contribution in [2.45, 2.75) is 26.9 Å². The van der Waals surface area contributed by atoms with Gasteiger partial charge in [-0.15, -0.1) is 0 Å². The Morgan fingerprint density at radius 3 is 1.32 bits per heavy atom. The minimum absolute atomic E-state index is 0. The number of aryl methyl sites for hydroxylation is 4. The average molecular weight is 466 g/mol. The van der Waals surface area contributed by atoms with Gasteiger partial charge < -0.3 is 34.0 Å². The van der Waals surface area contributed by atoms with Gasteiger partial charge in [0.2, 0.25) is 0 Å². The first-order chi connectivity index (χ1) is 9.74. The molecule has 2 heterocycles. The van der Waals surface area contributed by atoms with Crippen LogP contribution in [0.5, 0.6) is 0 Å². The minimum Gasteiger partial charge on any atom is -1.00 e. The van der Waals surface area contributed by atoms with Crippen LogP contribution in [0.25, 0.3) is 0 Å². The van der Waals surface area contributed by atoms with Gasteiger partial charge in [-0.05, 0) is 25.0 Å². The summed E-state index contributed by atoms with van der Waals surface area (Å²) in [5.74, 6) is 2.30. The lowest BCUT2D eigenvalue weighted by molar-refractivity contribution is -0.692. The first kappa shape index (κ1) is 22.0. The van der Waals surface area contributed by atoms with Crippen molar-refractivity contribution in [1.82, 2.24) is 0 Å². The van der Waals surface area contributed by atoms with Crippen LogP contribution in [0.1, 0.15) is 11.1 Å². The van der Waals surface area contributed by atoms with Crippen molar-refractivity contribution in [3.05, 3.63) is 60.2 Å². The first-order valence-corrected chi connectivity index (χ1v) is 9.39. The molecule has 0 bridgehead atoms. The zero-order valence-corrected chi connectivity index (χ0v) is 17.7. The van der Waals surface area contributed by atoms with E-state index in [9.17, 15) is 0 Å². The fourth-order valence-corrected chi connectivity index (χ4v) is 3.73. The lowest BCUT2D eigenvalue weighted by atomic mass is 10.3. The molecule has 0 aliphatic carbocycles. The molecule has 0 N–H and O–H groups in total. The number of nitrogens with zero attached hydrogens (tertiary/aromatic N) is 2. The van der Waals surface area contributed by atoms with E-state index in [4.69, 9.17) is 0 Å². The van der Waals surface area contributed by atoms with Crippen molar-refractivity contribution in [3.63, 3.8) is 0 Å². The molecule has 0 radical (unpaired) electrons. The summed E-state index contributed by atoms with van der Waals surface area (Å²) < 4.78 is 4.49. The van der Waals surface area contributed by atoms with Crippen molar-refractivity contribution in [3.8, 4) is 0 Å². The van der Waals surface area contributed by atoms with Gasteiger partial charge in [0.15, 0.2) is 37.9 Å². The maximum atomic E-state index is 2.25. The molecule has 0 atom stereocenters. The van der Waals surface area contributed by atoms with Crippen molar-refractivity contribution in [1.29, 1.82) is 0 Å². The highest BCUT2D eigenvalue weighted by Crippen LogP contribution is 2.19. The van der Waals surface area contributed by atoms with Crippen LogP contribution in [-0.2, 0) is 13.1 Å². The zero-order chi connectivity index (χ0) is 14.2. The van der Waals surface area contributed by atoms with Crippen LogP contribution < -0.4 is 43.1 Å². The van der Waals surface area contributed by atoms with Crippen molar-refractivity contribution >= 4 is 21.6 Å². The van der Waals surface area contributed by atoms with Crippen LogP contribution in [0.3, 0.4) is 0 Å². The quantitative estimate of drug-likeness (QED) is 0.244. The molecule has 0 unspecified atom stereocenters. The highest BCUT2D eigenvalue weighted by molar-refractivity contribution is 8.76. The molecule has 2 aromatic heterocycles. The molecular weight excluding hydrogens is 444 g/mol. The Hall–Kier alpha value is -0.0400. The Bertz CT molecular complexity index is 469. The molecular formula is C16H22Br2N2S2. The first-order valence-electron chi connectivity index (χ1n) is 6.90. The summed E-state index contributed by atoms with van der Waals surface area (Å²) in [5.41, 5.74) is 2.64. The Morgan fingerprint density at radius 1 is 0.682 bits per heavy atom. The molecule has 0 amide bonds. The van der Waals surface area contributed by atoms with E-state index in [1.807, 2.05) is 21.6 Å². The summed E-state index contributed by atoms with van der Waals surface area (Å²) in [6, 6.07) is 8.63. The average Bonchev–Trinajstić information content (AvgIpc) is 2.46. The van der Waals surface area contributed by atoms with E-state index in [0.717, 1.165) is 24.6 Å². The molecule has 0 aliphatic rings. The fraction of sp³-hybridized carbons (Fsp3) is 0.375. The number of pyridine rings is 2. The maximum absolute atomic E-state index is 2.25. The van der Waals surface area contributed by atoms with Crippen LogP contribution >= 0.6 is 21.6 Å². The SMILES string of the molecule is Cc1cc[n+](CCSSCC[n+]2ccc(C)cc2)cc1.[Br-].[Br-]. The molecule has 0 aromatic carbocycles. The molecule has 0 spiro atoms. The largest absolute Gasteiger partial charge is 1.00 e. The molecule has 122 valence electrons. The van der Waals surface area contributed by atoms with Gasteiger partial charge in [0.05, 0.1) is 11.5 Å². The van der Waals surface area contributed by atoms with Crippen LogP contribution in [0, 0.1) is 13.8 Å². The van der Waals surface area contributed by atoms with Crippen LogP contribution in [0.4, 0.5) is 0 Å². The Labute approximate surface area is 162 Å². The Balaban J connectivity index is 0.00000220. The van der Waals surface area contributed by atoms with Crippen LogP contribution in [-0.4, -0.2) is 11.5 Å². The second kappa shape index (κ2) is 12.4. The third-order valence-corrected chi connectivity index (χ3v) is 5.43. The fourth-order valence-electron chi connectivity index (χ4n) is 1.77. The molecule has 6 heteroatoms. The number of halogens is 2. The topological polar surface area (TPSA) is 7.76 Å². The molecule has 0 aliphatic heterocycles. The number of hydrogen-bond donors (Lipinski definition) is 0. The van der Waals surface area contributed by atoms with Gasteiger partial charge in [-0.25, -0.2) is 9.13 Å². The van der Waals surface area contributed by atoms with E-state index >= 15 is 0 Å². The van der Waals surface area contributed by atoms with E-state index in [1.54, 1.807) is 0 Å². The van der Waals surface area contributed by atoms with E-state index in [2.05, 4.69) is 72.0 Å². The molecule has 0 fully saturated rings. The van der Waals surface area contributed by atoms with Gasteiger partial charge in [0, 0.05) is 24.3 Å². The van der Waals surface area contributed by atoms with Crippen molar-refractivity contribution in [2.24, 2.45) is 0 Å². The van der Waals surface area contributed by atoms with E-state index in [-0.39, 0.29) is 34.0 Å². The summed E-state index contributed by atoms with van der Waals surface area (Å²) >= 11 is 0. The van der Waals surface area contributed by atoms with Crippen molar-refractivity contribution < 1.29 is 43.1 Å². The van der Waals surface area contributed by atoms with Gasteiger partial charge >= 0.3 is 0 Å². The monoisotopic (exact) mass is 464 g/mol. The normalized spacial score (nSPS) is 9.73. The molecule has 22 heavy (non-hydrogen) atoms. The van der Waals surface area contributed by atoms with Gasteiger partial charge in [0.25, 0.3) is 0 Å². The highest BCUT2D eigenvalue weighted by atomic mass is 79.9. The maximum Gasteiger partial charge on any atom is 0.169 e. The zero-order valence-electron chi connectivity index (χ0n) is 12.9. The standard InChI is InChI=1S/C16H22N2S2.2BrH/c1-15-3-7-17(8-4-15)11-13-19-20-14-12-18-9-5-16(2)6-10-18;;/h3-10H,11-14H2,1-2H3;2*1H/q+2;;/p-2. The van der Waals surface area contributed by atoms with Gasteiger partial charge in [-0.2, -0.15) is 0 Å². The summed E-state index contributed by atoms with van der Waals surface area (Å²) in [4.78, 5) is 0. The predicted octanol–water partition coefficient (Wildman–Crippen LogP) is -3.03. The lowest BCUT2D eigenvalue weighted by Gasteiger charge is -1.99. The third-order valence-electron chi connectivity index (χ3n) is 3.06. The summed E-state index contributed by atoms with van der Waals surface area (Å²) in [7, 11) is 3.91. The number of rotatable bonds is 7. The molecule has 0 saturated heterocycles. The van der Waals surface area contributed by atoms with Gasteiger partial charge in [-0.3, -0.25) is 0 Å². The lowest BCUT2D eigenvalue weighted by Crippen LogP contribution is -3.00. The third kappa shape index (κ3) is 8.56. The second-order valence-corrected chi connectivity index (χ2v) is 7.57. The molecule has 2 rings (SSSR count). The second-order valence-electron chi connectivity index (χ2n) is 4.87. The number of aromatic nitrogens is 2. The molecule has 2 nitrogen and oxygen atoms in total. The van der Waals surface area contributed by atoms with Gasteiger partial charge in [-0.1, -0.05) is 21.6 Å². The highest BCUT2D eigenvalue weighted by Gasteiger charge is 2.02. The van der Waals surface area contributed by atoms with Crippen LogP contribution in [0.2, 0.25) is 0 Å². The van der Waals surface area contributed by atoms with E-state index in [1.165, 1.54) is 11.1 Å². The summed E-state index contributed by atoms with van der Waals surface area (Å²) in [5, 5.41) is 0. The predicted molar refractivity (Wildman–Crippen MR) is 87.7 cm³/mol. The molecule has 0 saturated carbocycles. The van der Waals surface area contributed by atoms with E-state index < -0.39 is 0 Å². The molecule has 2 aromatic rings. The minimum atomic E-state index is 0.